The second-order valence-electron chi connectivity index (χ2n) is 3.24. The summed E-state index contributed by atoms with van der Waals surface area (Å²) in [5.74, 6) is -0.227. The van der Waals surface area contributed by atoms with E-state index in [0.717, 1.165) is 12.0 Å². The third kappa shape index (κ3) is 1.88. The first-order valence-corrected chi connectivity index (χ1v) is 3.93. The highest BCUT2D eigenvalue weighted by Gasteiger charge is 2.24. The molecule has 1 aliphatic rings. The van der Waals surface area contributed by atoms with E-state index in [1.807, 2.05) is 13.8 Å². The predicted molar refractivity (Wildman–Crippen MR) is 42.1 cm³/mol. The Morgan fingerprint density at radius 1 is 1.45 bits per heavy atom. The zero-order valence-corrected chi connectivity index (χ0v) is 6.98. The quantitative estimate of drug-likeness (QED) is 0.492. The van der Waals surface area contributed by atoms with Crippen molar-refractivity contribution in [2.45, 2.75) is 39.3 Å². The Hall–Kier alpha value is -0.660. The van der Waals surface area contributed by atoms with Crippen LogP contribution in [0.15, 0.2) is 11.1 Å². The molecule has 2 heteroatoms. The molecule has 0 amide bonds. The van der Waals surface area contributed by atoms with Crippen molar-refractivity contribution >= 4 is 5.78 Å². The Kier molecular flexibility index (Phi) is 2.42. The van der Waals surface area contributed by atoms with Gasteiger partial charge in [0.1, 0.15) is 0 Å². The van der Waals surface area contributed by atoms with E-state index in [-0.39, 0.29) is 5.78 Å². The molecule has 0 unspecified atom stereocenters. The van der Waals surface area contributed by atoms with Crippen molar-refractivity contribution in [2.75, 3.05) is 0 Å². The van der Waals surface area contributed by atoms with Crippen LogP contribution in [0.4, 0.5) is 4.39 Å². The lowest BCUT2D eigenvalue weighted by Crippen LogP contribution is -2.21. The van der Waals surface area contributed by atoms with Crippen LogP contribution in [-0.4, -0.2) is 12.0 Å². The van der Waals surface area contributed by atoms with Crippen molar-refractivity contribution < 1.29 is 9.18 Å². The van der Waals surface area contributed by atoms with Crippen molar-refractivity contribution in [1.82, 2.24) is 0 Å². The number of allylic oxidation sites excluding steroid dienone is 2. The van der Waals surface area contributed by atoms with Gasteiger partial charge in [0.15, 0.2) is 12.0 Å². The molecular weight excluding hydrogens is 143 g/mol. The molecule has 0 N–H and O–H groups in total. The van der Waals surface area contributed by atoms with Gasteiger partial charge in [-0.1, -0.05) is 11.1 Å². The van der Waals surface area contributed by atoms with Crippen LogP contribution in [0.5, 0.6) is 0 Å². The van der Waals surface area contributed by atoms with E-state index in [2.05, 4.69) is 0 Å². The lowest BCUT2D eigenvalue weighted by molar-refractivity contribution is -0.124. The average Bonchev–Trinajstić information content (AvgIpc) is 1.94. The van der Waals surface area contributed by atoms with Crippen molar-refractivity contribution in [3.05, 3.63) is 11.1 Å². The fourth-order valence-corrected chi connectivity index (χ4v) is 1.32. The second-order valence-corrected chi connectivity index (χ2v) is 3.24. The monoisotopic (exact) mass is 156 g/mol. The maximum atomic E-state index is 12.8. The molecule has 0 radical (unpaired) electrons. The van der Waals surface area contributed by atoms with E-state index in [9.17, 15) is 9.18 Å². The van der Waals surface area contributed by atoms with Crippen LogP contribution >= 0.6 is 0 Å². The van der Waals surface area contributed by atoms with Gasteiger partial charge in [0.25, 0.3) is 0 Å². The SMILES string of the molecule is CC(C)=C1CCC(=O)[C@H](F)C1. The summed E-state index contributed by atoms with van der Waals surface area (Å²) in [5, 5.41) is 0. The summed E-state index contributed by atoms with van der Waals surface area (Å²) < 4.78 is 12.8. The number of hydrogen-bond donors (Lipinski definition) is 0. The van der Waals surface area contributed by atoms with Crippen molar-refractivity contribution in [1.29, 1.82) is 0 Å². The third-order valence-corrected chi connectivity index (χ3v) is 2.16. The topological polar surface area (TPSA) is 17.1 Å². The standard InChI is InChI=1S/C9H13FO/c1-6(2)7-3-4-9(11)8(10)5-7/h8H,3-5H2,1-2H3/t8-/m1/s1. The van der Waals surface area contributed by atoms with Gasteiger partial charge in [-0.3, -0.25) is 4.79 Å². The Balaban J connectivity index is 2.67. The van der Waals surface area contributed by atoms with Gasteiger partial charge in [0.2, 0.25) is 0 Å². The molecule has 0 aliphatic heterocycles. The Bertz CT molecular complexity index is 202. The van der Waals surface area contributed by atoms with Crippen LogP contribution in [-0.2, 0) is 4.79 Å². The number of Topliss-reactive ketones (excluding diaryl/α,β-unsaturated/α-hetero) is 1. The Morgan fingerprint density at radius 3 is 2.55 bits per heavy atom. The van der Waals surface area contributed by atoms with Gasteiger partial charge in [-0.15, -0.1) is 0 Å². The van der Waals surface area contributed by atoms with E-state index in [1.54, 1.807) is 0 Å². The highest BCUT2D eigenvalue weighted by molar-refractivity contribution is 5.84. The zero-order valence-electron chi connectivity index (χ0n) is 6.98. The van der Waals surface area contributed by atoms with Gasteiger partial charge in [-0.05, 0) is 20.3 Å². The predicted octanol–water partition coefficient (Wildman–Crippen LogP) is 2.41. The minimum Gasteiger partial charge on any atom is -0.296 e. The number of alkyl halides is 1. The van der Waals surface area contributed by atoms with Crippen LogP contribution in [0, 0.1) is 0 Å². The summed E-state index contributed by atoms with van der Waals surface area (Å²) in [5.41, 5.74) is 2.29. The molecule has 1 saturated carbocycles. The van der Waals surface area contributed by atoms with E-state index in [0.29, 0.717) is 12.8 Å². The number of rotatable bonds is 0. The minimum atomic E-state index is -1.23. The molecule has 0 aromatic heterocycles. The summed E-state index contributed by atoms with van der Waals surface area (Å²) in [6.07, 6.45) is 0.262. The van der Waals surface area contributed by atoms with Crippen molar-refractivity contribution in [2.24, 2.45) is 0 Å². The third-order valence-electron chi connectivity index (χ3n) is 2.16. The van der Waals surface area contributed by atoms with Gasteiger partial charge >= 0.3 is 0 Å². The summed E-state index contributed by atoms with van der Waals surface area (Å²) in [4.78, 5) is 10.8. The second kappa shape index (κ2) is 3.16. The molecule has 0 aromatic carbocycles. The molecule has 1 rings (SSSR count). The molecular formula is C9H13FO. The molecule has 0 spiro atoms. The van der Waals surface area contributed by atoms with E-state index in [4.69, 9.17) is 0 Å². The molecule has 0 saturated heterocycles. The molecule has 1 atom stereocenters. The van der Waals surface area contributed by atoms with Crippen LogP contribution < -0.4 is 0 Å². The maximum absolute atomic E-state index is 12.8. The first kappa shape index (κ1) is 8.44. The lowest BCUT2D eigenvalue weighted by Gasteiger charge is -2.18. The van der Waals surface area contributed by atoms with Gasteiger partial charge in [0.05, 0.1) is 0 Å². The van der Waals surface area contributed by atoms with Gasteiger partial charge in [-0.2, -0.15) is 0 Å². The fraction of sp³-hybridized carbons (Fsp3) is 0.667. The van der Waals surface area contributed by atoms with Crippen molar-refractivity contribution in [3.8, 4) is 0 Å². The summed E-state index contributed by atoms with van der Waals surface area (Å²) in [7, 11) is 0. The average molecular weight is 156 g/mol. The molecule has 0 bridgehead atoms. The van der Waals surface area contributed by atoms with Crippen LogP contribution in [0.25, 0.3) is 0 Å². The minimum absolute atomic E-state index is 0.227. The van der Waals surface area contributed by atoms with Crippen molar-refractivity contribution in [3.63, 3.8) is 0 Å². The highest BCUT2D eigenvalue weighted by Crippen LogP contribution is 2.25. The molecule has 0 heterocycles. The number of hydrogen-bond acceptors (Lipinski definition) is 1. The molecule has 1 fully saturated rings. The first-order valence-electron chi connectivity index (χ1n) is 3.93. The molecule has 62 valence electrons. The summed E-state index contributed by atoms with van der Waals surface area (Å²) in [6, 6.07) is 0. The maximum Gasteiger partial charge on any atom is 0.167 e. The first-order chi connectivity index (χ1) is 5.11. The normalized spacial score (nSPS) is 25.5. The fourth-order valence-electron chi connectivity index (χ4n) is 1.32. The number of carbonyl (C=O) groups is 1. The molecule has 1 nitrogen and oxygen atoms in total. The van der Waals surface area contributed by atoms with E-state index in [1.165, 1.54) is 5.57 Å². The van der Waals surface area contributed by atoms with Gasteiger partial charge in [0, 0.05) is 12.8 Å². The summed E-state index contributed by atoms with van der Waals surface area (Å²) >= 11 is 0. The zero-order chi connectivity index (χ0) is 8.43. The Morgan fingerprint density at radius 2 is 2.09 bits per heavy atom. The lowest BCUT2D eigenvalue weighted by atomic mass is 9.90. The van der Waals surface area contributed by atoms with Crippen LogP contribution in [0.1, 0.15) is 33.1 Å². The number of carbonyl (C=O) groups excluding carboxylic acids is 1. The number of ketones is 1. The smallest absolute Gasteiger partial charge is 0.167 e. The Labute approximate surface area is 66.3 Å². The summed E-state index contributed by atoms with van der Waals surface area (Å²) in [6.45, 7) is 3.94. The van der Waals surface area contributed by atoms with E-state index < -0.39 is 6.17 Å². The van der Waals surface area contributed by atoms with E-state index >= 15 is 0 Å². The molecule has 0 aromatic rings. The van der Waals surface area contributed by atoms with Crippen LogP contribution in [0.2, 0.25) is 0 Å². The van der Waals surface area contributed by atoms with Crippen LogP contribution in [0.3, 0.4) is 0 Å². The highest BCUT2D eigenvalue weighted by atomic mass is 19.1. The molecule has 1 aliphatic carbocycles. The number of halogens is 1. The molecule has 11 heavy (non-hydrogen) atoms. The van der Waals surface area contributed by atoms with Gasteiger partial charge < -0.3 is 0 Å². The largest absolute Gasteiger partial charge is 0.296 e. The van der Waals surface area contributed by atoms with Gasteiger partial charge in [-0.25, -0.2) is 4.39 Å².